The molecule has 0 aromatic rings. The number of likely N-dealkylation sites (tertiary alicyclic amines) is 1. The molecule has 0 radical (unpaired) electrons. The van der Waals surface area contributed by atoms with Gasteiger partial charge in [0.25, 0.3) is 0 Å². The summed E-state index contributed by atoms with van der Waals surface area (Å²) in [6.07, 6.45) is 15.3. The summed E-state index contributed by atoms with van der Waals surface area (Å²) in [4.78, 5) is 27.0. The Kier molecular flexibility index (Phi) is 5.23. The summed E-state index contributed by atoms with van der Waals surface area (Å²) in [6.45, 7) is 4.30. The molecule has 3 aliphatic rings. The van der Waals surface area contributed by atoms with Crippen LogP contribution < -0.4 is 0 Å². The zero-order valence-electron chi connectivity index (χ0n) is 14.7. The van der Waals surface area contributed by atoms with Crippen LogP contribution in [0.4, 0.5) is 0 Å². The quantitative estimate of drug-likeness (QED) is 0.361. The van der Waals surface area contributed by atoms with Crippen molar-refractivity contribution < 1.29 is 9.59 Å². The summed E-state index contributed by atoms with van der Waals surface area (Å²) in [5.41, 5.74) is 0. The zero-order valence-corrected chi connectivity index (χ0v) is 14.7. The van der Waals surface area contributed by atoms with E-state index in [0.29, 0.717) is 11.8 Å². The number of allylic oxidation sites excluding steroid dienone is 2. The Morgan fingerprint density at radius 2 is 1.48 bits per heavy atom. The third-order valence-electron chi connectivity index (χ3n) is 6.17. The van der Waals surface area contributed by atoms with Crippen molar-refractivity contribution in [1.29, 1.82) is 0 Å². The number of carbonyl (C=O) groups excluding carboxylic acids is 2. The van der Waals surface area contributed by atoms with Crippen LogP contribution in [-0.2, 0) is 9.59 Å². The van der Waals surface area contributed by atoms with E-state index in [1.165, 1.54) is 38.5 Å². The van der Waals surface area contributed by atoms with Gasteiger partial charge in [-0.3, -0.25) is 14.5 Å². The molecule has 0 N–H and O–H groups in total. The second-order valence-electron chi connectivity index (χ2n) is 7.81. The van der Waals surface area contributed by atoms with Crippen molar-refractivity contribution >= 4 is 11.8 Å². The summed E-state index contributed by atoms with van der Waals surface area (Å²) in [5, 5.41) is 0. The van der Waals surface area contributed by atoms with Gasteiger partial charge < -0.3 is 0 Å². The molecule has 5 unspecified atom stereocenters. The molecule has 5 atom stereocenters. The number of nitrogens with zero attached hydrogens (tertiary/aromatic N) is 1. The highest BCUT2D eigenvalue weighted by Crippen LogP contribution is 2.52. The van der Waals surface area contributed by atoms with Crippen molar-refractivity contribution in [2.24, 2.45) is 23.7 Å². The topological polar surface area (TPSA) is 37.4 Å². The summed E-state index contributed by atoms with van der Waals surface area (Å²) >= 11 is 0. The van der Waals surface area contributed by atoms with Crippen LogP contribution in [0.2, 0.25) is 0 Å². The molecule has 2 aliphatic carbocycles. The molecule has 0 aromatic carbocycles. The van der Waals surface area contributed by atoms with E-state index in [0.717, 1.165) is 19.3 Å². The smallest absolute Gasteiger partial charge is 0.233 e. The second kappa shape index (κ2) is 7.19. The number of hydrogen-bond donors (Lipinski definition) is 0. The SMILES string of the molecule is CCCCCCCCCC(C)N1C(=O)C2C3C=CC(C3)C2C1=O. The van der Waals surface area contributed by atoms with Crippen molar-refractivity contribution in [3.8, 4) is 0 Å². The first-order chi connectivity index (χ1) is 11.1. The number of imide groups is 1. The second-order valence-corrected chi connectivity index (χ2v) is 7.81. The number of amides is 2. The monoisotopic (exact) mass is 317 g/mol. The van der Waals surface area contributed by atoms with Crippen LogP contribution in [0.15, 0.2) is 12.2 Å². The predicted molar refractivity (Wildman–Crippen MR) is 91.6 cm³/mol. The number of fused-ring (bicyclic) bond motifs is 5. The molecular formula is C20H31NO2. The summed E-state index contributed by atoms with van der Waals surface area (Å²) in [7, 11) is 0. The molecule has 1 saturated carbocycles. The molecule has 3 nitrogen and oxygen atoms in total. The largest absolute Gasteiger partial charge is 0.279 e. The molecule has 3 rings (SSSR count). The summed E-state index contributed by atoms with van der Waals surface area (Å²) in [5.74, 6) is 0.831. The maximum absolute atomic E-state index is 12.7. The zero-order chi connectivity index (χ0) is 16.4. The van der Waals surface area contributed by atoms with Gasteiger partial charge in [0.15, 0.2) is 0 Å². The first-order valence-corrected chi connectivity index (χ1v) is 9.70. The van der Waals surface area contributed by atoms with Crippen molar-refractivity contribution in [2.75, 3.05) is 0 Å². The minimum Gasteiger partial charge on any atom is -0.279 e. The summed E-state index contributed by atoms with van der Waals surface area (Å²) in [6, 6.07) is 0.0793. The summed E-state index contributed by atoms with van der Waals surface area (Å²) < 4.78 is 0. The van der Waals surface area contributed by atoms with Gasteiger partial charge in [0, 0.05) is 6.04 Å². The third-order valence-corrected chi connectivity index (χ3v) is 6.17. The average Bonchev–Trinajstić information content (AvgIpc) is 3.20. The van der Waals surface area contributed by atoms with E-state index in [4.69, 9.17) is 0 Å². The van der Waals surface area contributed by atoms with Gasteiger partial charge in [-0.15, -0.1) is 0 Å². The lowest BCUT2D eigenvalue weighted by molar-refractivity contribution is -0.143. The van der Waals surface area contributed by atoms with Crippen LogP contribution in [0.1, 0.15) is 71.6 Å². The van der Waals surface area contributed by atoms with E-state index in [1.54, 1.807) is 4.90 Å². The predicted octanol–water partition coefficient (Wildman–Crippen LogP) is 4.32. The van der Waals surface area contributed by atoms with E-state index < -0.39 is 0 Å². The Morgan fingerprint density at radius 3 is 2.04 bits per heavy atom. The standard InChI is InChI=1S/C20H31NO2/c1-3-4-5-6-7-8-9-10-14(2)21-19(22)17-15-11-12-16(13-15)18(17)20(21)23/h11-12,14-18H,3-10,13H2,1-2H3. The van der Waals surface area contributed by atoms with Crippen LogP contribution >= 0.6 is 0 Å². The fourth-order valence-corrected chi connectivity index (χ4v) is 4.89. The van der Waals surface area contributed by atoms with Crippen LogP contribution in [-0.4, -0.2) is 22.8 Å². The molecule has 2 fully saturated rings. The highest BCUT2D eigenvalue weighted by atomic mass is 16.2. The number of rotatable bonds is 9. The van der Waals surface area contributed by atoms with E-state index in [9.17, 15) is 9.59 Å². The van der Waals surface area contributed by atoms with Gasteiger partial charge in [-0.1, -0.05) is 64.0 Å². The number of carbonyl (C=O) groups is 2. The van der Waals surface area contributed by atoms with Crippen LogP contribution in [0.5, 0.6) is 0 Å². The van der Waals surface area contributed by atoms with Gasteiger partial charge in [-0.25, -0.2) is 0 Å². The molecule has 2 bridgehead atoms. The normalized spacial score (nSPS) is 32.9. The molecule has 1 saturated heterocycles. The van der Waals surface area contributed by atoms with Crippen LogP contribution in [0.25, 0.3) is 0 Å². The highest BCUT2D eigenvalue weighted by molar-refractivity contribution is 6.06. The molecular weight excluding hydrogens is 286 g/mol. The molecule has 2 amide bonds. The van der Waals surface area contributed by atoms with Crippen LogP contribution in [0.3, 0.4) is 0 Å². The molecule has 3 heteroatoms. The van der Waals surface area contributed by atoms with E-state index in [2.05, 4.69) is 26.0 Å². The van der Waals surface area contributed by atoms with Gasteiger partial charge in [-0.05, 0) is 31.6 Å². The highest BCUT2D eigenvalue weighted by Gasteiger charge is 2.59. The maximum Gasteiger partial charge on any atom is 0.233 e. The number of hydrogen-bond acceptors (Lipinski definition) is 2. The van der Waals surface area contributed by atoms with Crippen LogP contribution in [0, 0.1) is 23.7 Å². The van der Waals surface area contributed by atoms with Crippen molar-refractivity contribution in [3.05, 3.63) is 12.2 Å². The third kappa shape index (κ3) is 3.12. The first-order valence-electron chi connectivity index (χ1n) is 9.70. The molecule has 0 spiro atoms. The minimum atomic E-state index is -0.0333. The Morgan fingerprint density at radius 1 is 0.957 bits per heavy atom. The Labute approximate surface area is 140 Å². The van der Waals surface area contributed by atoms with Crippen molar-refractivity contribution in [2.45, 2.75) is 77.7 Å². The molecule has 23 heavy (non-hydrogen) atoms. The lowest BCUT2D eigenvalue weighted by Crippen LogP contribution is -2.40. The molecule has 1 heterocycles. The fraction of sp³-hybridized carbons (Fsp3) is 0.800. The fourth-order valence-electron chi connectivity index (χ4n) is 4.89. The van der Waals surface area contributed by atoms with Crippen molar-refractivity contribution in [3.63, 3.8) is 0 Å². The molecule has 1 aliphatic heterocycles. The molecule has 128 valence electrons. The first kappa shape index (κ1) is 16.7. The van der Waals surface area contributed by atoms with E-state index >= 15 is 0 Å². The van der Waals surface area contributed by atoms with Crippen molar-refractivity contribution in [1.82, 2.24) is 4.90 Å². The van der Waals surface area contributed by atoms with E-state index in [1.807, 2.05) is 0 Å². The maximum atomic E-state index is 12.7. The Hall–Kier alpha value is -1.12. The molecule has 0 aromatic heterocycles. The Bertz CT molecular complexity index is 454. The van der Waals surface area contributed by atoms with Gasteiger partial charge in [0.2, 0.25) is 11.8 Å². The lowest BCUT2D eigenvalue weighted by Gasteiger charge is -2.24. The lowest BCUT2D eigenvalue weighted by atomic mass is 9.85. The van der Waals surface area contributed by atoms with Gasteiger partial charge in [0.1, 0.15) is 0 Å². The average molecular weight is 317 g/mol. The minimum absolute atomic E-state index is 0.0333. The van der Waals surface area contributed by atoms with E-state index in [-0.39, 0.29) is 29.7 Å². The number of unbranched alkanes of at least 4 members (excludes halogenated alkanes) is 6. The van der Waals surface area contributed by atoms with Gasteiger partial charge in [-0.2, -0.15) is 0 Å². The Balaban J connectivity index is 1.44. The van der Waals surface area contributed by atoms with Gasteiger partial charge in [0.05, 0.1) is 11.8 Å². The van der Waals surface area contributed by atoms with Gasteiger partial charge >= 0.3 is 0 Å².